The molecule has 0 amide bonds. The van der Waals surface area contributed by atoms with Gasteiger partial charge in [-0.1, -0.05) is 23.7 Å². The van der Waals surface area contributed by atoms with E-state index in [1.807, 2.05) is 30.5 Å². The second-order valence-electron chi connectivity index (χ2n) is 3.26. The Morgan fingerprint density at radius 3 is 2.71 bits per heavy atom. The summed E-state index contributed by atoms with van der Waals surface area (Å²) >= 11 is 12.2. The molecule has 88 valence electrons. The number of carbonyl (C=O) groups is 1. The van der Waals surface area contributed by atoms with Crippen molar-refractivity contribution in [2.45, 2.75) is 4.90 Å². The molecule has 17 heavy (non-hydrogen) atoms. The van der Waals surface area contributed by atoms with Gasteiger partial charge in [0.05, 0.1) is 13.7 Å². The number of hydrogen-bond acceptors (Lipinski definition) is 3. The molecule has 0 aliphatic carbocycles. The van der Waals surface area contributed by atoms with E-state index in [9.17, 15) is 4.79 Å². The summed E-state index contributed by atoms with van der Waals surface area (Å²) in [6.07, 6.45) is 1.96. The van der Waals surface area contributed by atoms with Gasteiger partial charge in [-0.25, -0.2) is 0 Å². The molecule has 0 saturated carbocycles. The fourth-order valence-electron chi connectivity index (χ4n) is 1.42. The fourth-order valence-corrected chi connectivity index (χ4v) is 3.67. The summed E-state index contributed by atoms with van der Waals surface area (Å²) in [5.74, 6) is 0.0209. The second-order valence-corrected chi connectivity index (χ2v) is 6.89. The summed E-state index contributed by atoms with van der Waals surface area (Å²) in [6.45, 7) is 0. The number of hydrogen-bond donors (Lipinski definition) is 0. The number of carbonyl (C=O) groups excluding carboxylic acids is 1. The Labute approximate surface area is 121 Å². The lowest BCUT2D eigenvalue weighted by Gasteiger charge is -2.03. The van der Waals surface area contributed by atoms with Crippen LogP contribution in [0.4, 0.5) is 0 Å². The fraction of sp³-hybridized carbons (Fsp3) is 0.0833. The third-order valence-corrected chi connectivity index (χ3v) is 5.49. The van der Waals surface area contributed by atoms with Crippen molar-refractivity contribution < 1.29 is 4.79 Å². The zero-order chi connectivity index (χ0) is 12.4. The quantitative estimate of drug-likeness (QED) is 0.566. The van der Waals surface area contributed by atoms with Gasteiger partial charge in [-0.15, -0.1) is 23.1 Å². The summed E-state index contributed by atoms with van der Waals surface area (Å²) in [5.41, 5.74) is 0.727. The van der Waals surface area contributed by atoms with E-state index in [-0.39, 0.29) is 5.78 Å². The minimum absolute atomic E-state index is 0.0209. The van der Waals surface area contributed by atoms with E-state index < -0.39 is 0 Å². The normalized spacial score (nSPS) is 10.5. The molecule has 0 bridgehead atoms. The lowest BCUT2D eigenvalue weighted by molar-refractivity contribution is 0.104. The first kappa shape index (κ1) is 13.1. The highest BCUT2D eigenvalue weighted by molar-refractivity contribution is 9.11. The molecule has 0 unspecified atom stereocenters. The Morgan fingerprint density at radius 2 is 2.12 bits per heavy atom. The molecular formula is C12H8BrClOS2. The molecule has 5 heteroatoms. The molecule has 1 aromatic heterocycles. The van der Waals surface area contributed by atoms with Crippen molar-refractivity contribution in [1.29, 1.82) is 0 Å². The second kappa shape index (κ2) is 5.57. The minimum Gasteiger partial charge on any atom is -0.288 e. The third-order valence-electron chi connectivity index (χ3n) is 2.22. The molecule has 1 nitrogen and oxygen atoms in total. The van der Waals surface area contributed by atoms with Gasteiger partial charge >= 0.3 is 0 Å². The first-order valence-electron chi connectivity index (χ1n) is 4.76. The molecule has 0 atom stereocenters. The Bertz CT molecular complexity index is 546. The van der Waals surface area contributed by atoms with Crippen LogP contribution in [0.5, 0.6) is 0 Å². The largest absolute Gasteiger partial charge is 0.288 e. The van der Waals surface area contributed by atoms with Gasteiger partial charge in [-0.05, 0) is 40.4 Å². The molecule has 2 rings (SSSR count). The summed E-state index contributed by atoms with van der Waals surface area (Å²) in [6, 6.07) is 9.30. The highest BCUT2D eigenvalue weighted by atomic mass is 79.9. The van der Waals surface area contributed by atoms with Crippen molar-refractivity contribution in [2.75, 3.05) is 6.26 Å². The van der Waals surface area contributed by atoms with E-state index in [0.717, 1.165) is 14.2 Å². The van der Waals surface area contributed by atoms with Crippen molar-refractivity contribution in [1.82, 2.24) is 0 Å². The predicted octanol–water partition coefficient (Wildman–Crippen LogP) is 5.12. The Balaban J connectivity index is 2.43. The number of ketones is 1. The molecule has 0 radical (unpaired) electrons. The van der Waals surface area contributed by atoms with Gasteiger partial charge in [0.25, 0.3) is 0 Å². The van der Waals surface area contributed by atoms with E-state index in [1.165, 1.54) is 11.3 Å². The maximum atomic E-state index is 12.3. The molecule has 1 heterocycles. The van der Waals surface area contributed by atoms with Crippen molar-refractivity contribution in [3.8, 4) is 0 Å². The van der Waals surface area contributed by atoms with Crippen molar-refractivity contribution in [2.24, 2.45) is 0 Å². The first-order valence-corrected chi connectivity index (χ1v) is 7.97. The average molecular weight is 348 g/mol. The molecule has 0 N–H and O–H groups in total. The van der Waals surface area contributed by atoms with Crippen molar-refractivity contribution >= 4 is 56.4 Å². The highest BCUT2D eigenvalue weighted by Crippen LogP contribution is 2.34. The average Bonchev–Trinajstić information content (AvgIpc) is 2.68. The highest BCUT2D eigenvalue weighted by Gasteiger charge is 2.16. The number of thiophene rings is 1. The van der Waals surface area contributed by atoms with Gasteiger partial charge in [0.1, 0.15) is 0 Å². The van der Waals surface area contributed by atoms with E-state index in [1.54, 1.807) is 17.8 Å². The molecule has 1 aromatic carbocycles. The number of thioether (sulfide) groups is 1. The number of rotatable bonds is 3. The van der Waals surface area contributed by atoms with Crippen molar-refractivity contribution in [3.63, 3.8) is 0 Å². The van der Waals surface area contributed by atoms with Crippen LogP contribution in [0.25, 0.3) is 0 Å². The van der Waals surface area contributed by atoms with Crippen LogP contribution in [0, 0.1) is 0 Å². The molecule has 0 fully saturated rings. The summed E-state index contributed by atoms with van der Waals surface area (Å²) in [5, 5.41) is 0.583. The minimum atomic E-state index is 0.0209. The number of benzene rings is 1. The van der Waals surface area contributed by atoms with Gasteiger partial charge in [-0.2, -0.15) is 0 Å². The van der Waals surface area contributed by atoms with Crippen LogP contribution in [-0.2, 0) is 0 Å². The standard InChI is InChI=1S/C12H8BrClOS2/c1-16-9-5-3-2-4-7(9)11(15)10-6-8(14)12(13)17-10/h2-6H,1H3. The first-order chi connectivity index (χ1) is 8.13. The van der Waals surface area contributed by atoms with Gasteiger partial charge < -0.3 is 0 Å². The maximum absolute atomic E-state index is 12.3. The SMILES string of the molecule is CSc1ccccc1C(=O)c1cc(Cl)c(Br)s1. The third kappa shape index (κ3) is 2.76. The Morgan fingerprint density at radius 1 is 1.41 bits per heavy atom. The van der Waals surface area contributed by atoms with Crippen molar-refractivity contribution in [3.05, 3.63) is 49.6 Å². The molecular weight excluding hydrogens is 340 g/mol. The van der Waals surface area contributed by atoms with Crippen LogP contribution < -0.4 is 0 Å². The van der Waals surface area contributed by atoms with Gasteiger partial charge in [0, 0.05) is 10.5 Å². The Hall–Kier alpha value is -0.290. The van der Waals surface area contributed by atoms with E-state index in [0.29, 0.717) is 9.90 Å². The molecule has 0 aliphatic heterocycles. The smallest absolute Gasteiger partial charge is 0.204 e. The van der Waals surface area contributed by atoms with Crippen LogP contribution in [0.2, 0.25) is 5.02 Å². The van der Waals surface area contributed by atoms with Crippen LogP contribution in [0.1, 0.15) is 15.2 Å². The van der Waals surface area contributed by atoms with Gasteiger partial charge in [-0.3, -0.25) is 4.79 Å². The van der Waals surface area contributed by atoms with Gasteiger partial charge in [0.15, 0.2) is 0 Å². The van der Waals surface area contributed by atoms with E-state index in [2.05, 4.69) is 15.9 Å². The molecule has 0 spiro atoms. The van der Waals surface area contributed by atoms with E-state index >= 15 is 0 Å². The maximum Gasteiger partial charge on any atom is 0.204 e. The van der Waals surface area contributed by atoms with Crippen LogP contribution >= 0.6 is 50.6 Å². The molecule has 0 saturated heterocycles. The zero-order valence-electron chi connectivity index (χ0n) is 8.87. The monoisotopic (exact) mass is 346 g/mol. The summed E-state index contributed by atoms with van der Waals surface area (Å²) < 4.78 is 0.796. The van der Waals surface area contributed by atoms with Crippen LogP contribution in [0.3, 0.4) is 0 Å². The number of halogens is 2. The van der Waals surface area contributed by atoms with Gasteiger partial charge in [0.2, 0.25) is 5.78 Å². The zero-order valence-corrected chi connectivity index (χ0v) is 12.8. The topological polar surface area (TPSA) is 17.1 Å². The lowest BCUT2D eigenvalue weighted by Crippen LogP contribution is -2.00. The van der Waals surface area contributed by atoms with Crippen LogP contribution in [-0.4, -0.2) is 12.0 Å². The summed E-state index contributed by atoms with van der Waals surface area (Å²) in [4.78, 5) is 13.9. The molecule has 2 aromatic rings. The van der Waals surface area contributed by atoms with Crippen LogP contribution in [0.15, 0.2) is 39.0 Å². The van der Waals surface area contributed by atoms with E-state index in [4.69, 9.17) is 11.6 Å². The summed E-state index contributed by atoms with van der Waals surface area (Å²) in [7, 11) is 0. The predicted molar refractivity (Wildman–Crippen MR) is 78.7 cm³/mol. The lowest BCUT2D eigenvalue weighted by atomic mass is 10.1. The Kier molecular flexibility index (Phi) is 4.31. The molecule has 0 aliphatic rings.